The average Bonchev–Trinajstić information content (AvgIpc) is 2.75. The second-order valence-electron chi connectivity index (χ2n) is 6.83. The van der Waals surface area contributed by atoms with E-state index in [4.69, 9.17) is 10.2 Å². The standard InChI is InChI=1S/C22H16N2O8/c25-19(26)13-7-15(21(29)30)17(23-9-13)5-11-1-2-12(4-3-11)6-18-16(22(31)32)8-14(10-24-18)20(27)28/h1-4,7-10H,5-6H2,(H,25,26)(H,27,28)(H,29,30)(H,31,32). The summed E-state index contributed by atoms with van der Waals surface area (Å²) >= 11 is 0. The van der Waals surface area contributed by atoms with Crippen LogP contribution in [0.25, 0.3) is 0 Å². The third-order valence-corrected chi connectivity index (χ3v) is 4.66. The number of hydrogen-bond acceptors (Lipinski definition) is 6. The number of aromatic carboxylic acids is 4. The lowest BCUT2D eigenvalue weighted by molar-refractivity contribution is 0.0674. The van der Waals surface area contributed by atoms with Gasteiger partial charge < -0.3 is 20.4 Å². The molecule has 1 aromatic carbocycles. The highest BCUT2D eigenvalue weighted by atomic mass is 16.4. The van der Waals surface area contributed by atoms with Crippen molar-refractivity contribution < 1.29 is 39.6 Å². The van der Waals surface area contributed by atoms with E-state index in [1.807, 2.05) is 0 Å². The first-order valence-corrected chi connectivity index (χ1v) is 9.14. The minimum absolute atomic E-state index is 0.147. The second kappa shape index (κ2) is 9.04. The summed E-state index contributed by atoms with van der Waals surface area (Å²) in [4.78, 5) is 53.0. The predicted octanol–water partition coefficient (Wildman–Crippen LogP) is 2.45. The van der Waals surface area contributed by atoms with Crippen molar-refractivity contribution in [2.24, 2.45) is 0 Å². The van der Waals surface area contributed by atoms with Crippen molar-refractivity contribution in [1.82, 2.24) is 9.97 Å². The predicted molar refractivity (Wildman–Crippen MR) is 108 cm³/mol. The van der Waals surface area contributed by atoms with Crippen LogP contribution in [0, 0.1) is 0 Å². The van der Waals surface area contributed by atoms with Gasteiger partial charge >= 0.3 is 23.9 Å². The molecule has 0 saturated carbocycles. The lowest BCUT2D eigenvalue weighted by atomic mass is 9.99. The first-order valence-electron chi connectivity index (χ1n) is 9.14. The van der Waals surface area contributed by atoms with E-state index in [-0.39, 0.29) is 46.5 Å². The van der Waals surface area contributed by atoms with Crippen molar-refractivity contribution in [3.63, 3.8) is 0 Å². The molecule has 0 fully saturated rings. The van der Waals surface area contributed by atoms with Crippen molar-refractivity contribution >= 4 is 23.9 Å². The van der Waals surface area contributed by atoms with E-state index in [9.17, 15) is 29.4 Å². The van der Waals surface area contributed by atoms with E-state index in [0.717, 1.165) is 24.5 Å². The summed E-state index contributed by atoms with van der Waals surface area (Å²) in [5.41, 5.74) is 0.961. The molecule has 10 heteroatoms. The van der Waals surface area contributed by atoms with Gasteiger partial charge in [0.05, 0.1) is 33.6 Å². The van der Waals surface area contributed by atoms with Gasteiger partial charge in [0.15, 0.2) is 0 Å². The Kier molecular flexibility index (Phi) is 6.24. The lowest BCUT2D eigenvalue weighted by Gasteiger charge is -2.09. The maximum absolute atomic E-state index is 11.5. The molecule has 0 radical (unpaired) electrons. The molecule has 3 rings (SSSR count). The summed E-state index contributed by atoms with van der Waals surface area (Å²) < 4.78 is 0. The number of nitrogens with zero attached hydrogens (tertiary/aromatic N) is 2. The van der Waals surface area contributed by atoms with Crippen LogP contribution in [0.1, 0.15) is 63.9 Å². The molecule has 0 unspecified atom stereocenters. The number of rotatable bonds is 8. The van der Waals surface area contributed by atoms with Crippen molar-refractivity contribution in [2.75, 3.05) is 0 Å². The summed E-state index contributed by atoms with van der Waals surface area (Å²) in [6, 6.07) is 8.95. The molecular weight excluding hydrogens is 420 g/mol. The third kappa shape index (κ3) is 4.93. The Balaban J connectivity index is 1.82. The van der Waals surface area contributed by atoms with Crippen molar-refractivity contribution in [3.8, 4) is 0 Å². The highest BCUT2D eigenvalue weighted by Crippen LogP contribution is 2.18. The van der Waals surface area contributed by atoms with Gasteiger partial charge in [-0.25, -0.2) is 19.2 Å². The smallest absolute Gasteiger partial charge is 0.337 e. The van der Waals surface area contributed by atoms with Crippen LogP contribution in [0.15, 0.2) is 48.8 Å². The molecule has 2 heterocycles. The number of hydrogen-bond donors (Lipinski definition) is 4. The minimum atomic E-state index is -1.29. The van der Waals surface area contributed by atoms with Crippen LogP contribution in [-0.2, 0) is 12.8 Å². The SMILES string of the molecule is O=C(O)c1cnc(Cc2ccc(Cc3ncc(C(=O)O)cc3C(=O)O)cc2)c(C(=O)O)c1. The first kappa shape index (κ1) is 22.1. The molecule has 0 spiro atoms. The Hall–Kier alpha value is -4.60. The van der Waals surface area contributed by atoms with Crippen LogP contribution in [0.3, 0.4) is 0 Å². The van der Waals surface area contributed by atoms with Crippen LogP contribution >= 0.6 is 0 Å². The fraction of sp³-hybridized carbons (Fsp3) is 0.0909. The van der Waals surface area contributed by atoms with Gasteiger partial charge in [0.25, 0.3) is 0 Å². The summed E-state index contributed by atoms with van der Waals surface area (Å²) in [7, 11) is 0. The number of carbonyl (C=O) groups is 4. The lowest BCUT2D eigenvalue weighted by Crippen LogP contribution is -2.10. The van der Waals surface area contributed by atoms with Gasteiger partial charge in [0, 0.05) is 25.2 Å². The fourth-order valence-electron chi connectivity index (χ4n) is 3.03. The van der Waals surface area contributed by atoms with Crippen LogP contribution in [0.4, 0.5) is 0 Å². The monoisotopic (exact) mass is 436 g/mol. The van der Waals surface area contributed by atoms with Gasteiger partial charge in [-0.1, -0.05) is 24.3 Å². The van der Waals surface area contributed by atoms with Crippen LogP contribution < -0.4 is 0 Å². The minimum Gasteiger partial charge on any atom is -0.478 e. The van der Waals surface area contributed by atoms with Gasteiger partial charge in [-0.05, 0) is 23.3 Å². The van der Waals surface area contributed by atoms with Gasteiger partial charge in [-0.15, -0.1) is 0 Å². The molecule has 0 atom stereocenters. The van der Waals surface area contributed by atoms with Gasteiger partial charge in [-0.2, -0.15) is 0 Å². The number of aromatic nitrogens is 2. The second-order valence-corrected chi connectivity index (χ2v) is 6.83. The third-order valence-electron chi connectivity index (χ3n) is 4.66. The van der Waals surface area contributed by atoms with Crippen molar-refractivity contribution in [2.45, 2.75) is 12.8 Å². The Morgan fingerprint density at radius 3 is 1.22 bits per heavy atom. The molecule has 2 aromatic heterocycles. The molecule has 0 saturated heterocycles. The topological polar surface area (TPSA) is 175 Å². The molecule has 32 heavy (non-hydrogen) atoms. The zero-order valence-electron chi connectivity index (χ0n) is 16.3. The molecule has 0 bridgehead atoms. The van der Waals surface area contributed by atoms with E-state index >= 15 is 0 Å². The molecule has 0 amide bonds. The molecule has 0 aliphatic heterocycles. The normalized spacial score (nSPS) is 10.5. The van der Waals surface area contributed by atoms with Crippen molar-refractivity contribution in [1.29, 1.82) is 0 Å². The fourth-order valence-corrected chi connectivity index (χ4v) is 3.03. The molecule has 3 aromatic rings. The van der Waals surface area contributed by atoms with Gasteiger partial charge in [-0.3, -0.25) is 9.97 Å². The van der Waals surface area contributed by atoms with E-state index in [2.05, 4.69) is 9.97 Å². The summed E-state index contributed by atoms with van der Waals surface area (Å²) in [5, 5.41) is 36.7. The number of pyridine rings is 2. The molecule has 4 N–H and O–H groups in total. The summed E-state index contributed by atoms with van der Waals surface area (Å²) in [6.07, 6.45) is 2.48. The quantitative estimate of drug-likeness (QED) is 0.410. The molecule has 162 valence electrons. The number of carboxylic acids is 4. The average molecular weight is 436 g/mol. The first-order chi connectivity index (χ1) is 15.2. The highest BCUT2D eigenvalue weighted by molar-refractivity contribution is 5.95. The number of benzene rings is 1. The molecular formula is C22H16N2O8. The Morgan fingerprint density at radius 2 is 0.938 bits per heavy atom. The zero-order chi connectivity index (χ0) is 23.4. The van der Waals surface area contributed by atoms with E-state index < -0.39 is 23.9 Å². The van der Waals surface area contributed by atoms with Crippen molar-refractivity contribution in [3.05, 3.63) is 93.6 Å². The maximum atomic E-state index is 11.5. The Morgan fingerprint density at radius 1 is 0.594 bits per heavy atom. The zero-order valence-corrected chi connectivity index (χ0v) is 16.3. The highest BCUT2D eigenvalue weighted by Gasteiger charge is 2.17. The van der Waals surface area contributed by atoms with Crippen LogP contribution in [0.2, 0.25) is 0 Å². The summed E-state index contributed by atoms with van der Waals surface area (Å²) in [5.74, 6) is -5.13. The van der Waals surface area contributed by atoms with Crippen LogP contribution in [-0.4, -0.2) is 54.3 Å². The largest absolute Gasteiger partial charge is 0.478 e. The Bertz CT molecular complexity index is 1140. The molecule has 0 aliphatic rings. The summed E-state index contributed by atoms with van der Waals surface area (Å²) in [6.45, 7) is 0. The Labute approximate surface area is 180 Å². The van der Waals surface area contributed by atoms with E-state index in [1.165, 1.54) is 0 Å². The van der Waals surface area contributed by atoms with E-state index in [1.54, 1.807) is 24.3 Å². The van der Waals surface area contributed by atoms with E-state index in [0.29, 0.717) is 11.1 Å². The number of carboxylic acid groups (broad SMARTS) is 4. The molecule has 0 aliphatic carbocycles. The molecule has 10 nitrogen and oxygen atoms in total. The van der Waals surface area contributed by atoms with Crippen LogP contribution in [0.5, 0.6) is 0 Å². The maximum Gasteiger partial charge on any atom is 0.337 e. The van der Waals surface area contributed by atoms with Gasteiger partial charge in [0.1, 0.15) is 0 Å². The van der Waals surface area contributed by atoms with Gasteiger partial charge in [0.2, 0.25) is 0 Å².